The predicted octanol–water partition coefficient (Wildman–Crippen LogP) is 3.94. The second kappa shape index (κ2) is 16.1. The number of nitrogens with zero attached hydrogens (tertiary/aromatic N) is 4. The van der Waals surface area contributed by atoms with Gasteiger partial charge in [0.05, 0.1) is 66.2 Å². The fourth-order valence-corrected chi connectivity index (χ4v) is 7.69. The van der Waals surface area contributed by atoms with Gasteiger partial charge in [-0.1, -0.05) is 0 Å². The third kappa shape index (κ3) is 9.87. The van der Waals surface area contributed by atoms with Crippen LogP contribution in [-0.2, 0) is 29.7 Å². The van der Waals surface area contributed by atoms with E-state index in [2.05, 4.69) is 20.5 Å². The molecule has 290 valence electrons. The maximum absolute atomic E-state index is 12.0. The molecule has 0 aliphatic heterocycles. The molecule has 0 aromatic heterocycles. The second-order valence-corrected chi connectivity index (χ2v) is 16.9. The van der Waals surface area contributed by atoms with Gasteiger partial charge in [0.25, 0.3) is 20.2 Å². The maximum Gasteiger partial charge on any atom is 0.296 e. The first kappa shape index (κ1) is 41.6. The molecule has 1 fully saturated rings. The van der Waals surface area contributed by atoms with Crippen molar-refractivity contribution in [2.75, 3.05) is 32.2 Å². The highest BCUT2D eigenvalue weighted by atomic mass is 32.3. The first-order chi connectivity index (χ1) is 24.1. The Morgan fingerprint density at radius 1 is 0.692 bits per heavy atom. The Bertz CT molecular complexity index is 2070. The van der Waals surface area contributed by atoms with Gasteiger partial charge in [0, 0.05) is 18.2 Å². The first-order valence-corrected chi connectivity index (χ1v) is 20.4. The number of hydrogen-bond acceptors (Lipinski definition) is 20. The van der Waals surface area contributed by atoms with Crippen LogP contribution in [-0.4, -0.2) is 119 Å². The van der Waals surface area contributed by atoms with Crippen LogP contribution in [0.3, 0.4) is 0 Å². The van der Waals surface area contributed by atoms with Gasteiger partial charge < -0.3 is 57.8 Å². The Balaban J connectivity index is 1.78. The predicted molar refractivity (Wildman–Crippen MR) is 183 cm³/mol. The fourth-order valence-electron chi connectivity index (χ4n) is 5.25. The Morgan fingerprint density at radius 2 is 1.21 bits per heavy atom. The van der Waals surface area contributed by atoms with E-state index in [1.807, 2.05) is 0 Å². The summed E-state index contributed by atoms with van der Waals surface area (Å²) in [7, 11) is -18.8. The molecule has 4 rings (SSSR count). The number of azo groups is 2. The zero-order valence-corrected chi connectivity index (χ0v) is 29.7. The largest absolute Gasteiger partial charge is 0.505 e. The monoisotopic (exact) mass is 817 g/mol. The second-order valence-electron chi connectivity index (χ2n) is 11.1. The number of fused-ring (bicyclic) bond motifs is 1. The van der Waals surface area contributed by atoms with Gasteiger partial charge >= 0.3 is 0 Å². The molecule has 0 saturated heterocycles. The van der Waals surface area contributed by atoms with Gasteiger partial charge in [-0.25, -0.2) is 0 Å². The molecule has 0 bridgehead atoms. The first-order valence-electron chi connectivity index (χ1n) is 14.5. The van der Waals surface area contributed by atoms with Crippen LogP contribution in [0.4, 0.5) is 17.1 Å². The van der Waals surface area contributed by atoms with E-state index in [4.69, 9.17) is 15.2 Å². The number of phenols is 1. The Kier molecular flexibility index (Phi) is 12.8. The average Bonchev–Trinajstić information content (AvgIpc) is 3.03. The Hall–Kier alpha value is -3.16. The van der Waals surface area contributed by atoms with E-state index in [1.165, 1.54) is 0 Å². The van der Waals surface area contributed by atoms with Gasteiger partial charge in [-0.2, -0.15) is 37.3 Å². The lowest BCUT2D eigenvalue weighted by molar-refractivity contribution is -0.0644. The molecule has 4 atom stereocenters. The topological polar surface area (TPSA) is 385 Å². The lowest BCUT2D eigenvalue weighted by Crippen LogP contribution is -2.46. The number of rotatable bonds is 14. The molecule has 26 heteroatoms. The van der Waals surface area contributed by atoms with Gasteiger partial charge in [-0.15, -0.1) is 0 Å². The summed E-state index contributed by atoms with van der Waals surface area (Å²) in [6.07, 6.45) is -2.36. The van der Waals surface area contributed by atoms with E-state index < -0.39 is 122 Å². The highest BCUT2D eigenvalue weighted by Gasteiger charge is 2.40. The lowest BCUT2D eigenvalue weighted by atomic mass is 9.86. The van der Waals surface area contributed by atoms with E-state index in [0.717, 1.165) is 36.4 Å². The minimum absolute atomic E-state index is 0.167. The smallest absolute Gasteiger partial charge is 0.296 e. The summed E-state index contributed by atoms with van der Waals surface area (Å²) in [6, 6.07) is 2.90. The molecule has 4 unspecified atom stereocenters. The molecular weight excluding hydrogens is 783 g/mol. The summed E-state index contributed by atoms with van der Waals surface area (Å²) in [5, 5.41) is 45.6. The van der Waals surface area contributed by atoms with E-state index >= 15 is 0 Å². The zero-order chi connectivity index (χ0) is 38.8. The normalized spacial score (nSPS) is 21.3. The number of nitrogens with two attached hydrogens (primary N) is 1. The summed E-state index contributed by atoms with van der Waals surface area (Å²) in [6.45, 7) is -1.45. The standard InChI is InChI=1S/C26H35N5O17S4/c27-16-10-15-13(7-23(16)51(41,42)43)8-24(52(44,45)46)25(26(15)34)31-29-18-12-20(47-5-3-32)17(11-21(18)48-6-4-33)28-30-19-9-14(49(35,36)37)1-2-22(19)50(38,39)40/h1-2,7-10,17-18,20-21,32-37,44-46H,3-6,11-12,27H2,(H,38,39,40)(H,41,42,43). The molecule has 52 heavy (non-hydrogen) atoms. The highest BCUT2D eigenvalue weighted by Crippen LogP contribution is 2.54. The van der Waals surface area contributed by atoms with Crippen molar-refractivity contribution in [2.24, 2.45) is 20.5 Å². The number of aliphatic hydroxyl groups is 2. The molecular formula is C26H35N5O17S4. The minimum Gasteiger partial charge on any atom is -0.505 e. The third-order valence-electron chi connectivity index (χ3n) is 7.55. The maximum atomic E-state index is 12.0. The molecule has 1 aliphatic rings. The van der Waals surface area contributed by atoms with Crippen molar-refractivity contribution in [1.29, 1.82) is 0 Å². The molecule has 13 N–H and O–H groups in total. The van der Waals surface area contributed by atoms with E-state index in [1.54, 1.807) is 0 Å². The summed E-state index contributed by atoms with van der Waals surface area (Å²) >= 11 is 0. The molecule has 1 saturated carbocycles. The lowest BCUT2D eigenvalue weighted by Gasteiger charge is -2.36. The number of phenolic OH excluding ortho intramolecular Hbond substituents is 1. The number of benzene rings is 3. The van der Waals surface area contributed by atoms with Crippen LogP contribution in [0.5, 0.6) is 5.75 Å². The summed E-state index contributed by atoms with van der Waals surface area (Å²) in [5.74, 6) is -0.835. The molecule has 0 amide bonds. The van der Waals surface area contributed by atoms with Crippen molar-refractivity contribution in [2.45, 2.75) is 56.7 Å². The van der Waals surface area contributed by atoms with Crippen molar-refractivity contribution in [3.05, 3.63) is 36.4 Å². The minimum atomic E-state index is -4.93. The van der Waals surface area contributed by atoms with Gasteiger partial charge in [0.2, 0.25) is 0 Å². The number of aromatic hydroxyl groups is 1. The van der Waals surface area contributed by atoms with Crippen molar-refractivity contribution >= 4 is 69.8 Å². The van der Waals surface area contributed by atoms with E-state index in [9.17, 15) is 68.6 Å². The van der Waals surface area contributed by atoms with Crippen molar-refractivity contribution in [3.8, 4) is 5.75 Å². The fraction of sp³-hybridized carbons (Fsp3) is 0.385. The number of nitrogen functional groups attached to an aromatic ring is 1. The Labute approximate surface area is 298 Å². The van der Waals surface area contributed by atoms with Crippen LogP contribution in [0.1, 0.15) is 12.8 Å². The number of hydrogen-bond donors (Lipinski definition) is 12. The van der Waals surface area contributed by atoms with Gasteiger partial charge in [-0.05, 0) is 41.8 Å². The molecule has 3 aromatic carbocycles. The number of ether oxygens (including phenoxy) is 2. The number of aliphatic hydroxyl groups excluding tert-OH is 2. The number of anilines is 1. The molecule has 3 aromatic rings. The van der Waals surface area contributed by atoms with Crippen molar-refractivity contribution < 1.29 is 78.1 Å². The summed E-state index contributed by atoms with van der Waals surface area (Å²) < 4.78 is 138. The van der Waals surface area contributed by atoms with Gasteiger partial charge in [-0.3, -0.25) is 9.11 Å². The van der Waals surface area contributed by atoms with E-state index in [-0.39, 0.29) is 36.8 Å². The van der Waals surface area contributed by atoms with Crippen LogP contribution in [0.25, 0.3) is 10.8 Å². The molecule has 0 spiro atoms. The SMILES string of the molecule is Nc1cc2c(O)c(N=NC3CC(OCCO)C(N=Nc4cc(S(O)(O)O)ccc4S(=O)(=O)O)CC3OCCO)c(S(O)(O)O)cc2cc1S(=O)(=O)O. The zero-order valence-electron chi connectivity index (χ0n) is 26.4. The summed E-state index contributed by atoms with van der Waals surface area (Å²) in [4.78, 5) is -2.92. The van der Waals surface area contributed by atoms with Crippen LogP contribution in [0.2, 0.25) is 0 Å². The molecule has 22 nitrogen and oxygen atoms in total. The van der Waals surface area contributed by atoms with E-state index in [0.29, 0.717) is 0 Å². The van der Waals surface area contributed by atoms with Crippen LogP contribution >= 0.6 is 21.7 Å². The van der Waals surface area contributed by atoms with Crippen molar-refractivity contribution in [1.82, 2.24) is 0 Å². The van der Waals surface area contributed by atoms with Gasteiger partial charge in [0.15, 0.2) is 5.75 Å². The molecule has 0 heterocycles. The molecule has 0 radical (unpaired) electrons. The molecule has 1 aliphatic carbocycles. The van der Waals surface area contributed by atoms with Crippen molar-refractivity contribution in [3.63, 3.8) is 0 Å². The quantitative estimate of drug-likeness (QED) is 0.0622. The van der Waals surface area contributed by atoms with Crippen LogP contribution in [0.15, 0.2) is 76.4 Å². The third-order valence-corrected chi connectivity index (χ3v) is 11.1. The Morgan fingerprint density at radius 3 is 1.69 bits per heavy atom. The average molecular weight is 818 g/mol. The highest BCUT2D eigenvalue weighted by molar-refractivity contribution is 8.19. The summed E-state index contributed by atoms with van der Waals surface area (Å²) in [5.41, 5.74) is 3.97. The van der Waals surface area contributed by atoms with Gasteiger partial charge in [0.1, 0.15) is 42.9 Å². The van der Waals surface area contributed by atoms with Crippen LogP contribution in [0, 0.1) is 0 Å². The van der Waals surface area contributed by atoms with Crippen LogP contribution < -0.4 is 5.73 Å².